The van der Waals surface area contributed by atoms with E-state index in [1.807, 2.05) is 26.8 Å². The summed E-state index contributed by atoms with van der Waals surface area (Å²) in [4.78, 5) is 67.6. The number of nitrogens with zero attached hydrogens (tertiary/aromatic N) is 4. The van der Waals surface area contributed by atoms with Crippen LogP contribution >= 0.6 is 0 Å². The lowest BCUT2D eigenvalue weighted by Gasteiger charge is -2.36. The summed E-state index contributed by atoms with van der Waals surface area (Å²) in [7, 11) is 0. The molecule has 2 aromatic carbocycles. The molecule has 1 fully saturated rings. The Hall–Kier alpha value is -4.21. The average molecular weight is 518 g/mol. The van der Waals surface area contributed by atoms with E-state index in [1.165, 1.54) is 11.8 Å². The van der Waals surface area contributed by atoms with Gasteiger partial charge in [-0.05, 0) is 57.9 Å². The molecular formula is C28H31N5O5. The van der Waals surface area contributed by atoms with Gasteiger partial charge >= 0.3 is 5.69 Å². The number of piperidine rings is 1. The zero-order valence-corrected chi connectivity index (χ0v) is 22.0. The lowest BCUT2D eigenvalue weighted by molar-refractivity contribution is -0.114. The quantitative estimate of drug-likeness (QED) is 0.523. The van der Waals surface area contributed by atoms with Crippen molar-refractivity contribution in [3.63, 3.8) is 0 Å². The van der Waals surface area contributed by atoms with Gasteiger partial charge in [0.1, 0.15) is 0 Å². The first-order valence-electron chi connectivity index (χ1n) is 13.0. The number of fused-ring (bicyclic) bond motifs is 2. The van der Waals surface area contributed by atoms with Gasteiger partial charge in [0.2, 0.25) is 5.91 Å². The average Bonchev–Trinajstić information content (AvgIpc) is 3.30. The Morgan fingerprint density at radius 3 is 2.11 bits per heavy atom. The third-order valence-corrected chi connectivity index (χ3v) is 7.52. The molecule has 1 N–H and O–H groups in total. The highest BCUT2D eigenvalue weighted by Gasteiger charge is 2.41. The molecule has 2 aliphatic rings. The number of imidazole rings is 1. The molecule has 0 unspecified atom stereocenters. The minimum Gasteiger partial charge on any atom is -0.338 e. The van der Waals surface area contributed by atoms with Gasteiger partial charge in [-0.1, -0.05) is 11.6 Å². The predicted octanol–water partition coefficient (Wildman–Crippen LogP) is 3.01. The highest BCUT2D eigenvalue weighted by atomic mass is 16.2. The SMILES string of the molecule is CCn1c(=O)n(CC)c2cc(C(=O)N3CCC(N4C(=O)c5ccc(C)cc5C4=O)CC3)c(NC(C)=O)cc21. The van der Waals surface area contributed by atoms with E-state index in [-0.39, 0.29) is 35.4 Å². The van der Waals surface area contributed by atoms with Crippen LogP contribution < -0.4 is 11.0 Å². The minimum atomic E-state index is -0.321. The number of likely N-dealkylation sites (tertiary alicyclic amines) is 1. The van der Waals surface area contributed by atoms with Gasteiger partial charge < -0.3 is 10.2 Å². The van der Waals surface area contributed by atoms with E-state index in [0.29, 0.717) is 72.4 Å². The Kier molecular flexibility index (Phi) is 6.42. The van der Waals surface area contributed by atoms with Crippen LogP contribution in [0.5, 0.6) is 0 Å². The first-order valence-corrected chi connectivity index (χ1v) is 13.0. The second-order valence-corrected chi connectivity index (χ2v) is 9.89. The summed E-state index contributed by atoms with van der Waals surface area (Å²) in [5.74, 6) is -1.16. The maximum atomic E-state index is 13.7. The van der Waals surface area contributed by atoms with Gasteiger partial charge in [-0.2, -0.15) is 0 Å². The zero-order valence-electron chi connectivity index (χ0n) is 22.0. The van der Waals surface area contributed by atoms with Crippen molar-refractivity contribution in [2.45, 2.75) is 59.7 Å². The second kappa shape index (κ2) is 9.59. The fourth-order valence-electron chi connectivity index (χ4n) is 5.64. The number of anilines is 1. The van der Waals surface area contributed by atoms with E-state index < -0.39 is 0 Å². The minimum absolute atomic E-state index is 0.166. The van der Waals surface area contributed by atoms with E-state index in [2.05, 4.69) is 5.32 Å². The topological polar surface area (TPSA) is 114 Å². The van der Waals surface area contributed by atoms with Crippen LogP contribution in [0.25, 0.3) is 11.0 Å². The van der Waals surface area contributed by atoms with Crippen LogP contribution in [0, 0.1) is 6.92 Å². The Morgan fingerprint density at radius 1 is 0.895 bits per heavy atom. The Morgan fingerprint density at radius 2 is 1.50 bits per heavy atom. The predicted molar refractivity (Wildman–Crippen MR) is 142 cm³/mol. The van der Waals surface area contributed by atoms with Crippen molar-refractivity contribution in [3.8, 4) is 0 Å². The summed E-state index contributed by atoms with van der Waals surface area (Å²) >= 11 is 0. The molecule has 38 heavy (non-hydrogen) atoms. The number of aryl methyl sites for hydroxylation is 3. The summed E-state index contributed by atoms with van der Waals surface area (Å²) in [6.07, 6.45) is 0.916. The van der Waals surface area contributed by atoms with Crippen molar-refractivity contribution in [2.24, 2.45) is 0 Å². The smallest absolute Gasteiger partial charge is 0.329 e. The van der Waals surface area contributed by atoms with Crippen LogP contribution in [0.15, 0.2) is 35.1 Å². The van der Waals surface area contributed by atoms with E-state index in [1.54, 1.807) is 38.3 Å². The molecule has 10 heteroatoms. The van der Waals surface area contributed by atoms with Crippen molar-refractivity contribution < 1.29 is 19.2 Å². The highest BCUT2D eigenvalue weighted by molar-refractivity contribution is 6.21. The third-order valence-electron chi connectivity index (χ3n) is 7.52. The van der Waals surface area contributed by atoms with Gasteiger partial charge in [0, 0.05) is 39.1 Å². The summed E-state index contributed by atoms with van der Waals surface area (Å²) in [6.45, 7) is 8.60. The van der Waals surface area contributed by atoms with E-state index in [0.717, 1.165) is 5.56 Å². The summed E-state index contributed by atoms with van der Waals surface area (Å²) in [5.41, 5.74) is 3.55. The zero-order chi connectivity index (χ0) is 27.3. The van der Waals surface area contributed by atoms with Gasteiger partial charge in [0.05, 0.1) is 33.4 Å². The maximum absolute atomic E-state index is 13.7. The normalized spacial score (nSPS) is 15.9. The molecule has 1 saturated heterocycles. The molecule has 0 saturated carbocycles. The number of hydrogen-bond acceptors (Lipinski definition) is 5. The number of amides is 4. The molecule has 0 spiro atoms. The summed E-state index contributed by atoms with van der Waals surface area (Å²) in [6, 6.07) is 8.34. The van der Waals surface area contributed by atoms with E-state index in [9.17, 15) is 24.0 Å². The van der Waals surface area contributed by atoms with Crippen LogP contribution in [0.1, 0.15) is 70.3 Å². The highest BCUT2D eigenvalue weighted by Crippen LogP contribution is 2.31. The molecule has 0 atom stereocenters. The monoisotopic (exact) mass is 517 g/mol. The van der Waals surface area contributed by atoms with Crippen LogP contribution in [0.3, 0.4) is 0 Å². The van der Waals surface area contributed by atoms with Gasteiger partial charge in [-0.3, -0.25) is 33.2 Å². The molecule has 4 amide bonds. The number of carbonyl (C=O) groups is 4. The number of aromatic nitrogens is 2. The second-order valence-electron chi connectivity index (χ2n) is 9.89. The maximum Gasteiger partial charge on any atom is 0.329 e. The fraction of sp³-hybridized carbons (Fsp3) is 0.393. The number of carbonyl (C=O) groups excluding carboxylic acids is 4. The Bertz CT molecular complexity index is 1560. The van der Waals surface area contributed by atoms with Gasteiger partial charge in [0.15, 0.2) is 0 Å². The fourth-order valence-corrected chi connectivity index (χ4v) is 5.64. The van der Waals surface area contributed by atoms with Crippen molar-refractivity contribution in [1.29, 1.82) is 0 Å². The third kappa shape index (κ3) is 4.00. The Balaban J connectivity index is 1.41. The standard InChI is InChI=1S/C28H31N5O5/c1-5-31-23-14-21(22(29-17(4)34)15-24(23)32(6-2)28(31)38)25(35)30-11-9-18(10-12-30)33-26(36)19-8-7-16(3)13-20(19)27(33)37/h7-8,13-15,18H,5-6,9-12H2,1-4H3,(H,29,34). The van der Waals surface area contributed by atoms with Crippen LogP contribution in [-0.4, -0.2) is 61.7 Å². The van der Waals surface area contributed by atoms with E-state index in [4.69, 9.17) is 0 Å². The van der Waals surface area contributed by atoms with Gasteiger partial charge in [0.25, 0.3) is 17.7 Å². The molecule has 3 aromatic rings. The number of nitrogens with one attached hydrogen (secondary N) is 1. The molecule has 0 aliphatic carbocycles. The molecule has 5 rings (SSSR count). The lowest BCUT2D eigenvalue weighted by atomic mass is 10.0. The van der Waals surface area contributed by atoms with Crippen molar-refractivity contribution in [3.05, 3.63) is 63.1 Å². The first kappa shape index (κ1) is 25.4. The van der Waals surface area contributed by atoms with Crippen LogP contribution in [-0.2, 0) is 17.9 Å². The largest absolute Gasteiger partial charge is 0.338 e. The molecule has 0 radical (unpaired) electrons. The molecule has 3 heterocycles. The van der Waals surface area contributed by atoms with E-state index >= 15 is 0 Å². The first-order chi connectivity index (χ1) is 18.2. The van der Waals surface area contributed by atoms with Crippen molar-refractivity contribution in [2.75, 3.05) is 18.4 Å². The van der Waals surface area contributed by atoms with Gasteiger partial charge in [-0.25, -0.2) is 4.79 Å². The van der Waals surface area contributed by atoms with Crippen LogP contribution in [0.4, 0.5) is 5.69 Å². The Labute approximate surface area is 219 Å². The molecule has 198 valence electrons. The molecular weight excluding hydrogens is 486 g/mol. The number of benzene rings is 2. The molecule has 10 nitrogen and oxygen atoms in total. The molecule has 2 aliphatic heterocycles. The number of imide groups is 1. The summed E-state index contributed by atoms with van der Waals surface area (Å²) in [5, 5.41) is 2.75. The van der Waals surface area contributed by atoms with Crippen LogP contribution in [0.2, 0.25) is 0 Å². The number of rotatable bonds is 5. The van der Waals surface area contributed by atoms with Crippen molar-refractivity contribution in [1.82, 2.24) is 18.9 Å². The summed E-state index contributed by atoms with van der Waals surface area (Å²) < 4.78 is 3.23. The van der Waals surface area contributed by atoms with Crippen molar-refractivity contribution >= 4 is 40.3 Å². The van der Waals surface area contributed by atoms with Gasteiger partial charge in [-0.15, -0.1) is 0 Å². The molecule has 1 aromatic heterocycles. The number of hydrogen-bond donors (Lipinski definition) is 1. The molecule has 0 bridgehead atoms. The lowest BCUT2D eigenvalue weighted by Crippen LogP contribution is -2.48.